The second-order valence-corrected chi connectivity index (χ2v) is 6.18. The zero-order valence-electron chi connectivity index (χ0n) is 13.4. The van der Waals surface area contributed by atoms with Crippen LogP contribution >= 0.6 is 0 Å². The highest BCUT2D eigenvalue weighted by atomic mass is 19.2. The molecule has 0 aliphatic carbocycles. The van der Waals surface area contributed by atoms with Crippen molar-refractivity contribution in [1.82, 2.24) is 4.98 Å². The van der Waals surface area contributed by atoms with Gasteiger partial charge in [-0.1, -0.05) is 6.92 Å². The molecule has 24 heavy (non-hydrogen) atoms. The number of hydrogen-bond donors (Lipinski definition) is 1. The van der Waals surface area contributed by atoms with Gasteiger partial charge in [0.05, 0.1) is 11.9 Å². The lowest BCUT2D eigenvalue weighted by atomic mass is 10.00. The van der Waals surface area contributed by atoms with E-state index in [1.807, 2.05) is 6.07 Å². The monoisotopic (exact) mass is 331 g/mol. The summed E-state index contributed by atoms with van der Waals surface area (Å²) in [5.41, 5.74) is 1.41. The lowest BCUT2D eigenvalue weighted by molar-refractivity contribution is 0.102. The number of carbonyl (C=O) groups is 1. The fraction of sp³-hybridized carbons (Fsp3) is 0.333. The standard InChI is InChI=1S/C18H19F2N3O/c1-12-3-2-8-23(11-12)14-5-7-17(21-10-14)18(24)22-13-4-6-15(19)16(20)9-13/h4-7,9-10,12H,2-3,8,11H2,1H3,(H,22,24). The number of rotatable bonds is 3. The number of nitrogens with one attached hydrogen (secondary N) is 1. The van der Waals surface area contributed by atoms with Gasteiger partial charge in [-0.15, -0.1) is 0 Å². The van der Waals surface area contributed by atoms with Crippen molar-refractivity contribution in [2.24, 2.45) is 5.92 Å². The van der Waals surface area contributed by atoms with Gasteiger partial charge in [-0.25, -0.2) is 13.8 Å². The van der Waals surface area contributed by atoms with Gasteiger partial charge in [-0.3, -0.25) is 4.79 Å². The summed E-state index contributed by atoms with van der Waals surface area (Å²) in [5, 5.41) is 2.51. The van der Waals surface area contributed by atoms with Crippen LogP contribution in [0.1, 0.15) is 30.3 Å². The molecular formula is C18H19F2N3O. The quantitative estimate of drug-likeness (QED) is 0.929. The minimum absolute atomic E-state index is 0.189. The molecule has 1 aliphatic heterocycles. The molecule has 1 aliphatic rings. The van der Waals surface area contributed by atoms with Gasteiger partial charge >= 0.3 is 0 Å². The maximum Gasteiger partial charge on any atom is 0.274 e. The fourth-order valence-electron chi connectivity index (χ4n) is 2.90. The van der Waals surface area contributed by atoms with Crippen molar-refractivity contribution in [2.45, 2.75) is 19.8 Å². The summed E-state index contributed by atoms with van der Waals surface area (Å²) < 4.78 is 26.1. The number of hydrogen-bond acceptors (Lipinski definition) is 3. The van der Waals surface area contributed by atoms with Crippen LogP contribution in [0.5, 0.6) is 0 Å². The van der Waals surface area contributed by atoms with E-state index in [0.29, 0.717) is 5.92 Å². The molecule has 1 saturated heterocycles. The molecular weight excluding hydrogens is 312 g/mol. The Morgan fingerprint density at radius 2 is 2.08 bits per heavy atom. The third-order valence-corrected chi connectivity index (χ3v) is 4.18. The van der Waals surface area contributed by atoms with E-state index in [1.165, 1.54) is 12.5 Å². The first kappa shape index (κ1) is 16.4. The molecule has 1 unspecified atom stereocenters. The molecule has 3 rings (SSSR count). The van der Waals surface area contributed by atoms with Crippen LogP contribution in [0, 0.1) is 17.6 Å². The Balaban J connectivity index is 1.68. The van der Waals surface area contributed by atoms with Gasteiger partial charge in [0, 0.05) is 24.8 Å². The third-order valence-electron chi connectivity index (χ3n) is 4.18. The van der Waals surface area contributed by atoms with E-state index in [9.17, 15) is 13.6 Å². The lowest BCUT2D eigenvalue weighted by Gasteiger charge is -2.32. The Bertz CT molecular complexity index is 734. The Kier molecular flexibility index (Phi) is 4.74. The molecule has 1 aromatic heterocycles. The molecule has 1 atom stereocenters. The Hall–Kier alpha value is -2.50. The zero-order chi connectivity index (χ0) is 17.1. The Morgan fingerprint density at radius 1 is 1.25 bits per heavy atom. The highest BCUT2D eigenvalue weighted by molar-refractivity contribution is 6.02. The highest BCUT2D eigenvalue weighted by Gasteiger charge is 2.17. The summed E-state index contributed by atoms with van der Waals surface area (Å²) in [5.74, 6) is -1.77. The zero-order valence-corrected chi connectivity index (χ0v) is 13.4. The average molecular weight is 331 g/mol. The Morgan fingerprint density at radius 3 is 2.75 bits per heavy atom. The number of benzene rings is 1. The molecule has 1 N–H and O–H groups in total. The smallest absolute Gasteiger partial charge is 0.274 e. The molecule has 126 valence electrons. The van der Waals surface area contributed by atoms with E-state index in [2.05, 4.69) is 22.1 Å². The number of nitrogens with zero attached hydrogens (tertiary/aromatic N) is 2. The maximum absolute atomic E-state index is 13.2. The minimum atomic E-state index is -1.00. The van der Waals surface area contributed by atoms with Gasteiger partial charge in [0.25, 0.3) is 5.91 Å². The van der Waals surface area contributed by atoms with E-state index in [0.717, 1.165) is 37.3 Å². The van der Waals surface area contributed by atoms with Crippen molar-refractivity contribution in [3.8, 4) is 0 Å². The number of anilines is 2. The summed E-state index contributed by atoms with van der Waals surface area (Å²) in [6.07, 6.45) is 4.07. The number of pyridine rings is 1. The molecule has 4 nitrogen and oxygen atoms in total. The van der Waals surface area contributed by atoms with E-state index >= 15 is 0 Å². The van der Waals surface area contributed by atoms with E-state index < -0.39 is 17.5 Å². The van der Waals surface area contributed by atoms with Crippen LogP contribution in [-0.2, 0) is 0 Å². The van der Waals surface area contributed by atoms with Gasteiger partial charge in [0.1, 0.15) is 5.69 Å². The lowest BCUT2D eigenvalue weighted by Crippen LogP contribution is -2.34. The molecule has 2 heterocycles. The normalized spacial score (nSPS) is 17.6. The fourth-order valence-corrected chi connectivity index (χ4v) is 2.90. The van der Waals surface area contributed by atoms with Crippen molar-refractivity contribution in [3.05, 3.63) is 53.9 Å². The highest BCUT2D eigenvalue weighted by Crippen LogP contribution is 2.22. The first-order valence-electron chi connectivity index (χ1n) is 8.00. The topological polar surface area (TPSA) is 45.2 Å². The van der Waals surface area contributed by atoms with Gasteiger partial charge in [0.15, 0.2) is 11.6 Å². The SMILES string of the molecule is CC1CCCN(c2ccc(C(=O)Nc3ccc(F)c(F)c3)nc2)C1. The number of carbonyl (C=O) groups excluding carboxylic acids is 1. The summed E-state index contributed by atoms with van der Waals surface area (Å²) in [7, 11) is 0. The molecule has 1 aromatic carbocycles. The number of halogens is 2. The van der Waals surface area contributed by atoms with E-state index in [4.69, 9.17) is 0 Å². The predicted molar refractivity (Wildman–Crippen MR) is 89.2 cm³/mol. The van der Waals surface area contributed by atoms with Crippen LogP contribution in [0.4, 0.5) is 20.2 Å². The van der Waals surface area contributed by atoms with Crippen molar-refractivity contribution in [2.75, 3.05) is 23.3 Å². The van der Waals surface area contributed by atoms with Crippen LogP contribution in [-0.4, -0.2) is 24.0 Å². The van der Waals surface area contributed by atoms with Crippen molar-refractivity contribution >= 4 is 17.3 Å². The molecule has 0 spiro atoms. The minimum Gasteiger partial charge on any atom is -0.370 e. The van der Waals surface area contributed by atoms with Crippen LogP contribution in [0.3, 0.4) is 0 Å². The second-order valence-electron chi connectivity index (χ2n) is 6.18. The van der Waals surface area contributed by atoms with Crippen molar-refractivity contribution in [3.63, 3.8) is 0 Å². The maximum atomic E-state index is 13.2. The van der Waals surface area contributed by atoms with Crippen LogP contribution < -0.4 is 10.2 Å². The van der Waals surface area contributed by atoms with Crippen LogP contribution in [0.25, 0.3) is 0 Å². The van der Waals surface area contributed by atoms with Gasteiger partial charge in [0.2, 0.25) is 0 Å². The van der Waals surface area contributed by atoms with Gasteiger partial charge in [-0.2, -0.15) is 0 Å². The summed E-state index contributed by atoms with van der Waals surface area (Å²) >= 11 is 0. The van der Waals surface area contributed by atoms with E-state index in [1.54, 1.807) is 12.3 Å². The average Bonchev–Trinajstić information content (AvgIpc) is 2.58. The molecule has 0 saturated carbocycles. The molecule has 6 heteroatoms. The molecule has 1 amide bonds. The molecule has 0 radical (unpaired) electrons. The first-order chi connectivity index (χ1) is 11.5. The summed E-state index contributed by atoms with van der Waals surface area (Å²) in [6.45, 7) is 4.21. The molecule has 2 aromatic rings. The third kappa shape index (κ3) is 3.69. The molecule has 0 bridgehead atoms. The molecule has 1 fully saturated rings. The summed E-state index contributed by atoms with van der Waals surface area (Å²) in [4.78, 5) is 18.6. The predicted octanol–water partition coefficient (Wildman–Crippen LogP) is 3.85. The Labute approximate surface area is 139 Å². The van der Waals surface area contributed by atoms with Crippen molar-refractivity contribution < 1.29 is 13.6 Å². The van der Waals surface area contributed by atoms with Crippen LogP contribution in [0.15, 0.2) is 36.5 Å². The van der Waals surface area contributed by atoms with E-state index in [-0.39, 0.29) is 11.4 Å². The number of aromatic nitrogens is 1. The first-order valence-corrected chi connectivity index (χ1v) is 8.00. The second kappa shape index (κ2) is 6.95. The summed E-state index contributed by atoms with van der Waals surface area (Å²) in [6, 6.07) is 6.73. The van der Waals surface area contributed by atoms with Gasteiger partial charge < -0.3 is 10.2 Å². The largest absolute Gasteiger partial charge is 0.370 e. The number of piperidine rings is 1. The number of amides is 1. The van der Waals surface area contributed by atoms with Crippen LogP contribution in [0.2, 0.25) is 0 Å². The van der Waals surface area contributed by atoms with Crippen molar-refractivity contribution in [1.29, 1.82) is 0 Å². The van der Waals surface area contributed by atoms with Gasteiger partial charge in [-0.05, 0) is 43.0 Å².